The van der Waals surface area contributed by atoms with Crippen molar-refractivity contribution >= 4 is 10.8 Å². The summed E-state index contributed by atoms with van der Waals surface area (Å²) in [7, 11) is 0. The first-order chi connectivity index (χ1) is 9.86. The molecule has 1 saturated carbocycles. The highest BCUT2D eigenvalue weighted by atomic mass is 14.9. The van der Waals surface area contributed by atoms with Crippen molar-refractivity contribution in [1.82, 2.24) is 5.32 Å². The Balaban J connectivity index is 1.65. The molecule has 1 N–H and O–H groups in total. The summed E-state index contributed by atoms with van der Waals surface area (Å²) in [5.41, 5.74) is 1.37. The topological polar surface area (TPSA) is 35.8 Å². The summed E-state index contributed by atoms with van der Waals surface area (Å²) in [6, 6.07) is 18.0. The average molecular weight is 264 g/mol. The second kappa shape index (κ2) is 6.07. The molecule has 2 heteroatoms. The Kier molecular flexibility index (Phi) is 3.99. The van der Waals surface area contributed by atoms with E-state index in [9.17, 15) is 0 Å². The normalized spacial score (nSPS) is 22.6. The molecule has 102 valence electrons. The van der Waals surface area contributed by atoms with E-state index >= 15 is 0 Å². The lowest BCUT2D eigenvalue weighted by molar-refractivity contribution is 0.331. The summed E-state index contributed by atoms with van der Waals surface area (Å²) in [6.07, 6.45) is 4.35. The second-order valence-electron chi connectivity index (χ2n) is 5.70. The van der Waals surface area contributed by atoms with Gasteiger partial charge in [-0.2, -0.15) is 5.26 Å². The number of fused-ring (bicyclic) bond motifs is 1. The number of nitrogens with zero attached hydrogens (tertiary/aromatic N) is 1. The van der Waals surface area contributed by atoms with E-state index in [0.29, 0.717) is 6.04 Å². The first kappa shape index (κ1) is 13.1. The molecule has 0 aliphatic heterocycles. The maximum absolute atomic E-state index is 8.93. The lowest BCUT2D eigenvalue weighted by Gasteiger charge is -2.26. The van der Waals surface area contributed by atoms with Crippen LogP contribution in [0.15, 0.2) is 42.5 Å². The van der Waals surface area contributed by atoms with E-state index in [0.717, 1.165) is 32.2 Å². The Morgan fingerprint density at radius 1 is 1.00 bits per heavy atom. The fourth-order valence-electron chi connectivity index (χ4n) is 3.13. The largest absolute Gasteiger partial charge is 0.310 e. The molecular formula is C18H20N2. The van der Waals surface area contributed by atoms with Crippen molar-refractivity contribution in [2.75, 3.05) is 0 Å². The van der Waals surface area contributed by atoms with Crippen LogP contribution in [0.4, 0.5) is 0 Å². The molecule has 1 aliphatic carbocycles. The van der Waals surface area contributed by atoms with Crippen molar-refractivity contribution in [2.24, 2.45) is 5.92 Å². The molecular weight excluding hydrogens is 244 g/mol. The molecule has 0 saturated heterocycles. The minimum Gasteiger partial charge on any atom is -0.310 e. The highest BCUT2D eigenvalue weighted by molar-refractivity contribution is 5.85. The van der Waals surface area contributed by atoms with E-state index < -0.39 is 0 Å². The van der Waals surface area contributed by atoms with E-state index in [2.05, 4.69) is 53.9 Å². The third kappa shape index (κ3) is 2.84. The lowest BCUT2D eigenvalue weighted by atomic mass is 9.87. The van der Waals surface area contributed by atoms with Crippen LogP contribution < -0.4 is 5.32 Å². The monoisotopic (exact) mass is 264 g/mol. The Morgan fingerprint density at radius 3 is 2.55 bits per heavy atom. The van der Waals surface area contributed by atoms with E-state index in [4.69, 9.17) is 5.26 Å². The zero-order valence-corrected chi connectivity index (χ0v) is 11.7. The smallest absolute Gasteiger partial charge is 0.0655 e. The predicted molar refractivity (Wildman–Crippen MR) is 82.1 cm³/mol. The molecule has 2 aromatic carbocycles. The minimum atomic E-state index is 0.283. The third-order valence-corrected chi connectivity index (χ3v) is 4.37. The van der Waals surface area contributed by atoms with Gasteiger partial charge in [0.2, 0.25) is 0 Å². The summed E-state index contributed by atoms with van der Waals surface area (Å²) in [6.45, 7) is 0.920. The highest BCUT2D eigenvalue weighted by Gasteiger charge is 2.20. The zero-order chi connectivity index (χ0) is 13.8. The van der Waals surface area contributed by atoms with Gasteiger partial charge < -0.3 is 5.32 Å². The maximum atomic E-state index is 8.93. The van der Waals surface area contributed by atoms with E-state index in [1.165, 1.54) is 16.3 Å². The van der Waals surface area contributed by atoms with Crippen molar-refractivity contribution in [3.8, 4) is 6.07 Å². The predicted octanol–water partition coefficient (Wildman–Crippen LogP) is 4.01. The van der Waals surface area contributed by atoms with Gasteiger partial charge in [-0.1, -0.05) is 42.5 Å². The average Bonchev–Trinajstić information content (AvgIpc) is 2.53. The summed E-state index contributed by atoms with van der Waals surface area (Å²) >= 11 is 0. The van der Waals surface area contributed by atoms with Crippen LogP contribution in [-0.4, -0.2) is 6.04 Å². The molecule has 0 radical (unpaired) electrons. The van der Waals surface area contributed by atoms with E-state index in [-0.39, 0.29) is 5.92 Å². The number of hydrogen-bond donors (Lipinski definition) is 1. The van der Waals surface area contributed by atoms with Gasteiger partial charge in [0.25, 0.3) is 0 Å². The van der Waals surface area contributed by atoms with E-state index in [1.54, 1.807) is 0 Å². The zero-order valence-electron chi connectivity index (χ0n) is 11.7. The SMILES string of the molecule is N#CC1CCC(NCc2cccc3ccccc23)CC1. The van der Waals surface area contributed by atoms with Crippen molar-refractivity contribution in [3.05, 3.63) is 48.0 Å². The van der Waals surface area contributed by atoms with Crippen LogP contribution in [-0.2, 0) is 6.54 Å². The van der Waals surface area contributed by atoms with Crippen LogP contribution >= 0.6 is 0 Å². The molecule has 0 bridgehead atoms. The summed E-state index contributed by atoms with van der Waals surface area (Å²) in [4.78, 5) is 0. The van der Waals surface area contributed by atoms with Crippen molar-refractivity contribution in [1.29, 1.82) is 5.26 Å². The van der Waals surface area contributed by atoms with Gasteiger partial charge in [0.05, 0.1) is 6.07 Å². The fraction of sp³-hybridized carbons (Fsp3) is 0.389. The number of nitriles is 1. The Hall–Kier alpha value is -1.85. The van der Waals surface area contributed by atoms with Gasteiger partial charge in [0.15, 0.2) is 0 Å². The Labute approximate surface area is 120 Å². The van der Waals surface area contributed by atoms with Crippen LogP contribution in [0.2, 0.25) is 0 Å². The van der Waals surface area contributed by atoms with Gasteiger partial charge in [-0.25, -0.2) is 0 Å². The highest BCUT2D eigenvalue weighted by Crippen LogP contribution is 2.24. The number of benzene rings is 2. The first-order valence-corrected chi connectivity index (χ1v) is 7.46. The molecule has 0 heterocycles. The molecule has 0 aromatic heterocycles. The van der Waals surface area contributed by atoms with Crippen LogP contribution in [0.5, 0.6) is 0 Å². The van der Waals surface area contributed by atoms with Crippen molar-refractivity contribution in [3.63, 3.8) is 0 Å². The molecule has 0 unspecified atom stereocenters. The van der Waals surface area contributed by atoms with Gasteiger partial charge in [-0.15, -0.1) is 0 Å². The number of nitrogens with one attached hydrogen (secondary N) is 1. The lowest BCUT2D eigenvalue weighted by Crippen LogP contribution is -2.32. The fourth-order valence-corrected chi connectivity index (χ4v) is 3.13. The Morgan fingerprint density at radius 2 is 1.75 bits per heavy atom. The third-order valence-electron chi connectivity index (χ3n) is 4.37. The van der Waals surface area contributed by atoms with Gasteiger partial charge in [0, 0.05) is 18.5 Å². The van der Waals surface area contributed by atoms with Crippen molar-refractivity contribution < 1.29 is 0 Å². The minimum absolute atomic E-state index is 0.283. The molecule has 1 aliphatic rings. The molecule has 1 fully saturated rings. The van der Waals surface area contributed by atoms with Gasteiger partial charge >= 0.3 is 0 Å². The van der Waals surface area contributed by atoms with Crippen molar-refractivity contribution in [2.45, 2.75) is 38.3 Å². The summed E-state index contributed by atoms with van der Waals surface area (Å²) < 4.78 is 0. The quantitative estimate of drug-likeness (QED) is 0.909. The van der Waals surface area contributed by atoms with Crippen LogP contribution in [0, 0.1) is 17.2 Å². The molecule has 0 atom stereocenters. The Bertz CT molecular complexity index is 613. The van der Waals surface area contributed by atoms with Crippen LogP contribution in [0.1, 0.15) is 31.2 Å². The first-order valence-electron chi connectivity index (χ1n) is 7.46. The summed E-state index contributed by atoms with van der Waals surface area (Å²) in [5.74, 6) is 0.283. The molecule has 0 amide bonds. The molecule has 0 spiro atoms. The van der Waals surface area contributed by atoms with E-state index in [1.807, 2.05) is 0 Å². The molecule has 2 nitrogen and oxygen atoms in total. The standard InChI is InChI=1S/C18H20N2/c19-12-14-8-10-17(11-9-14)20-13-16-6-3-5-15-4-1-2-7-18(15)16/h1-7,14,17,20H,8-11,13H2. The molecule has 20 heavy (non-hydrogen) atoms. The van der Waals surface area contributed by atoms with Gasteiger partial charge in [-0.3, -0.25) is 0 Å². The maximum Gasteiger partial charge on any atom is 0.0655 e. The number of rotatable bonds is 3. The molecule has 3 rings (SSSR count). The number of hydrogen-bond acceptors (Lipinski definition) is 2. The van der Waals surface area contributed by atoms with Crippen LogP contribution in [0.3, 0.4) is 0 Å². The summed E-state index contributed by atoms with van der Waals surface area (Å²) in [5, 5.41) is 15.2. The van der Waals surface area contributed by atoms with Gasteiger partial charge in [-0.05, 0) is 42.0 Å². The second-order valence-corrected chi connectivity index (χ2v) is 5.70. The van der Waals surface area contributed by atoms with Crippen LogP contribution in [0.25, 0.3) is 10.8 Å². The van der Waals surface area contributed by atoms with Gasteiger partial charge in [0.1, 0.15) is 0 Å². The molecule has 2 aromatic rings.